The van der Waals surface area contributed by atoms with Crippen LogP contribution in [0.4, 0.5) is 0 Å². The van der Waals surface area contributed by atoms with E-state index in [-0.39, 0.29) is 4.90 Å². The molecule has 2 atom stereocenters. The van der Waals surface area contributed by atoms with E-state index in [1.165, 1.54) is 19.1 Å². The summed E-state index contributed by atoms with van der Waals surface area (Å²) in [6.07, 6.45) is -0.404. The summed E-state index contributed by atoms with van der Waals surface area (Å²) in [5.74, 6) is -0.839. The lowest BCUT2D eigenvalue weighted by molar-refractivity contribution is -0.145. The van der Waals surface area contributed by atoms with E-state index < -0.39 is 28.1 Å². The molecule has 7 heteroatoms. The second-order valence-electron chi connectivity index (χ2n) is 4.36. The van der Waals surface area contributed by atoms with E-state index >= 15 is 0 Å². The lowest BCUT2D eigenvalue weighted by Crippen LogP contribution is -2.48. The Morgan fingerprint density at radius 2 is 1.90 bits per heavy atom. The highest BCUT2D eigenvalue weighted by molar-refractivity contribution is 7.89. The maximum atomic E-state index is 12.1. The number of aliphatic hydroxyl groups is 1. The molecule has 0 heterocycles. The number of hydrogen-bond donors (Lipinski definition) is 2. The van der Waals surface area contributed by atoms with Gasteiger partial charge in [0.05, 0.1) is 18.1 Å². The van der Waals surface area contributed by atoms with Crippen LogP contribution in [0.5, 0.6) is 0 Å². The zero-order chi connectivity index (χ0) is 15.3. The molecule has 0 spiro atoms. The number of carbonyl (C=O) groups excluding carboxylic acids is 1. The fourth-order valence-corrected chi connectivity index (χ4v) is 2.87. The van der Waals surface area contributed by atoms with Gasteiger partial charge in [-0.2, -0.15) is 4.72 Å². The number of esters is 1. The Morgan fingerprint density at radius 1 is 1.35 bits per heavy atom. The molecule has 20 heavy (non-hydrogen) atoms. The zero-order valence-corrected chi connectivity index (χ0v) is 12.5. The van der Waals surface area contributed by atoms with Gasteiger partial charge in [-0.25, -0.2) is 8.42 Å². The van der Waals surface area contributed by atoms with E-state index in [0.717, 1.165) is 19.1 Å². The predicted octanol–water partition coefficient (Wildman–Crippen LogP) is 0.450. The van der Waals surface area contributed by atoms with Crippen molar-refractivity contribution >= 4 is 16.0 Å². The number of benzene rings is 1. The lowest BCUT2D eigenvalue weighted by Gasteiger charge is -2.19. The van der Waals surface area contributed by atoms with Crippen LogP contribution in [0.3, 0.4) is 0 Å². The number of aryl methyl sites for hydroxylation is 1. The average Bonchev–Trinajstić information content (AvgIpc) is 2.43. The summed E-state index contributed by atoms with van der Waals surface area (Å²) in [7, 11) is -2.77. The number of sulfonamides is 1. The van der Waals surface area contributed by atoms with Crippen molar-refractivity contribution in [1.29, 1.82) is 0 Å². The van der Waals surface area contributed by atoms with Crippen LogP contribution in [0.2, 0.25) is 0 Å². The van der Waals surface area contributed by atoms with Gasteiger partial charge in [0.2, 0.25) is 10.0 Å². The van der Waals surface area contributed by atoms with Gasteiger partial charge in [0, 0.05) is 0 Å². The highest BCUT2D eigenvalue weighted by atomic mass is 32.2. The van der Waals surface area contributed by atoms with Crippen LogP contribution < -0.4 is 4.72 Å². The maximum absolute atomic E-state index is 12.1. The van der Waals surface area contributed by atoms with Gasteiger partial charge < -0.3 is 9.84 Å². The summed E-state index contributed by atoms with van der Waals surface area (Å²) in [6, 6.07) is 4.97. The van der Waals surface area contributed by atoms with Gasteiger partial charge >= 0.3 is 5.97 Å². The van der Waals surface area contributed by atoms with Gasteiger partial charge in [-0.1, -0.05) is 19.1 Å². The maximum Gasteiger partial charge on any atom is 0.326 e. The standard InChI is InChI=1S/C13H19NO5S/c1-4-10-5-7-11(8-6-10)20(17,18)14-12(9(2)15)13(16)19-3/h5-9,12,14-15H,4H2,1-3H3. The first-order chi connectivity index (χ1) is 9.31. The van der Waals surface area contributed by atoms with Crippen LogP contribution in [0, 0.1) is 0 Å². The Balaban J connectivity index is 3.00. The molecule has 1 rings (SSSR count). The van der Waals surface area contributed by atoms with Crippen molar-refractivity contribution in [2.24, 2.45) is 0 Å². The highest BCUT2D eigenvalue weighted by Gasteiger charge is 2.30. The fourth-order valence-electron chi connectivity index (χ4n) is 1.61. The number of ether oxygens (including phenoxy) is 1. The van der Waals surface area contributed by atoms with E-state index in [1.54, 1.807) is 12.1 Å². The van der Waals surface area contributed by atoms with Crippen LogP contribution in [0.1, 0.15) is 19.4 Å². The first kappa shape index (κ1) is 16.6. The second kappa shape index (κ2) is 6.83. The van der Waals surface area contributed by atoms with E-state index in [4.69, 9.17) is 0 Å². The summed E-state index contributed by atoms with van der Waals surface area (Å²) >= 11 is 0. The van der Waals surface area contributed by atoms with E-state index in [9.17, 15) is 18.3 Å². The number of rotatable bonds is 6. The largest absolute Gasteiger partial charge is 0.468 e. The molecule has 1 aromatic carbocycles. The third kappa shape index (κ3) is 4.03. The molecule has 0 fully saturated rings. The van der Waals surface area contributed by atoms with Crippen LogP contribution in [0.15, 0.2) is 29.2 Å². The van der Waals surface area contributed by atoms with E-state index in [1.807, 2.05) is 6.92 Å². The van der Waals surface area contributed by atoms with Crippen LogP contribution in [-0.4, -0.2) is 38.7 Å². The normalized spacial score (nSPS) is 14.6. The van der Waals surface area contributed by atoms with Gasteiger partial charge in [-0.15, -0.1) is 0 Å². The van der Waals surface area contributed by atoms with Crippen LogP contribution in [-0.2, 0) is 26.0 Å². The minimum absolute atomic E-state index is 0.0317. The molecular formula is C13H19NO5S. The molecule has 0 bridgehead atoms. The van der Waals surface area contributed by atoms with Gasteiger partial charge in [0.15, 0.2) is 0 Å². The third-order valence-electron chi connectivity index (χ3n) is 2.86. The fraction of sp³-hybridized carbons (Fsp3) is 0.462. The lowest BCUT2D eigenvalue weighted by atomic mass is 10.2. The topological polar surface area (TPSA) is 92.7 Å². The number of aliphatic hydroxyl groups excluding tert-OH is 1. The van der Waals surface area contributed by atoms with Gasteiger partial charge in [-0.05, 0) is 31.0 Å². The molecule has 0 saturated carbocycles. The van der Waals surface area contributed by atoms with Crippen molar-refractivity contribution in [3.63, 3.8) is 0 Å². The molecule has 0 aliphatic carbocycles. The Labute approximate surface area is 118 Å². The minimum Gasteiger partial charge on any atom is -0.468 e. The quantitative estimate of drug-likeness (QED) is 0.744. The van der Waals surface area contributed by atoms with Crippen molar-refractivity contribution < 1.29 is 23.1 Å². The first-order valence-corrected chi connectivity index (χ1v) is 7.67. The molecule has 2 unspecified atom stereocenters. The van der Waals surface area contributed by atoms with Crippen molar-refractivity contribution in [1.82, 2.24) is 4.72 Å². The molecule has 0 amide bonds. The van der Waals surface area contributed by atoms with Crippen molar-refractivity contribution in [2.75, 3.05) is 7.11 Å². The van der Waals surface area contributed by atoms with Gasteiger partial charge in [-0.3, -0.25) is 4.79 Å². The molecule has 0 aliphatic heterocycles. The van der Waals surface area contributed by atoms with Crippen LogP contribution >= 0.6 is 0 Å². The highest BCUT2D eigenvalue weighted by Crippen LogP contribution is 2.12. The molecule has 0 radical (unpaired) electrons. The average molecular weight is 301 g/mol. The number of nitrogens with one attached hydrogen (secondary N) is 1. The third-order valence-corrected chi connectivity index (χ3v) is 4.32. The van der Waals surface area contributed by atoms with Crippen LogP contribution in [0.25, 0.3) is 0 Å². The SMILES string of the molecule is CCc1ccc(S(=O)(=O)NC(C(=O)OC)C(C)O)cc1. The van der Waals surface area contributed by atoms with Gasteiger partial charge in [0.25, 0.3) is 0 Å². The molecular weight excluding hydrogens is 282 g/mol. The summed E-state index contributed by atoms with van der Waals surface area (Å²) in [4.78, 5) is 11.5. The monoisotopic (exact) mass is 301 g/mol. The molecule has 0 aromatic heterocycles. The molecule has 112 valence electrons. The van der Waals surface area contributed by atoms with Crippen molar-refractivity contribution in [3.05, 3.63) is 29.8 Å². The number of hydrogen-bond acceptors (Lipinski definition) is 5. The zero-order valence-electron chi connectivity index (χ0n) is 11.7. The van der Waals surface area contributed by atoms with Crippen molar-refractivity contribution in [2.45, 2.75) is 37.3 Å². The second-order valence-corrected chi connectivity index (χ2v) is 6.07. The molecule has 1 aromatic rings. The Morgan fingerprint density at radius 3 is 2.30 bits per heavy atom. The predicted molar refractivity (Wildman–Crippen MR) is 73.6 cm³/mol. The summed E-state index contributed by atoms with van der Waals surface area (Å²) in [5, 5.41) is 9.48. The summed E-state index contributed by atoms with van der Waals surface area (Å²) in [6.45, 7) is 3.27. The summed E-state index contributed by atoms with van der Waals surface area (Å²) in [5.41, 5.74) is 1.00. The number of carbonyl (C=O) groups is 1. The van der Waals surface area contributed by atoms with E-state index in [0.29, 0.717) is 0 Å². The number of methoxy groups -OCH3 is 1. The smallest absolute Gasteiger partial charge is 0.326 e. The van der Waals surface area contributed by atoms with E-state index in [2.05, 4.69) is 9.46 Å². The Kier molecular flexibility index (Phi) is 5.67. The van der Waals surface area contributed by atoms with Crippen molar-refractivity contribution in [3.8, 4) is 0 Å². The molecule has 6 nitrogen and oxygen atoms in total. The minimum atomic E-state index is -3.90. The summed E-state index contributed by atoms with van der Waals surface area (Å²) < 4.78 is 30.9. The molecule has 2 N–H and O–H groups in total. The molecule has 0 aliphatic rings. The van der Waals surface area contributed by atoms with Gasteiger partial charge in [0.1, 0.15) is 6.04 Å². The Hall–Kier alpha value is -1.44. The Bertz CT molecular complexity index is 551. The molecule has 0 saturated heterocycles. The first-order valence-electron chi connectivity index (χ1n) is 6.19.